The zero-order chi connectivity index (χ0) is 14.7. The summed E-state index contributed by atoms with van der Waals surface area (Å²) in [5.41, 5.74) is 3.65. The van der Waals surface area contributed by atoms with Crippen molar-refractivity contribution < 1.29 is 4.39 Å². The van der Waals surface area contributed by atoms with Crippen molar-refractivity contribution in [3.05, 3.63) is 78.1 Å². The van der Waals surface area contributed by atoms with E-state index in [1.165, 1.54) is 6.07 Å². The number of aryl methyl sites for hydroxylation is 1. The number of halogens is 1. The summed E-state index contributed by atoms with van der Waals surface area (Å²) in [6.07, 6.45) is 5.42. The molecule has 0 saturated heterocycles. The highest BCUT2D eigenvalue weighted by atomic mass is 19.1. The second-order valence-electron chi connectivity index (χ2n) is 4.95. The summed E-state index contributed by atoms with van der Waals surface area (Å²) in [7, 11) is 0. The van der Waals surface area contributed by atoms with Crippen LogP contribution in [-0.2, 0) is 6.54 Å². The first-order valence-electron chi connectivity index (χ1n) is 6.80. The van der Waals surface area contributed by atoms with Crippen molar-refractivity contribution in [3.63, 3.8) is 0 Å². The van der Waals surface area contributed by atoms with Gasteiger partial charge in [-0.2, -0.15) is 0 Å². The molecular weight excluding hydrogens is 265 g/mol. The summed E-state index contributed by atoms with van der Waals surface area (Å²) in [5.74, 6) is -0.185. The molecule has 0 aliphatic carbocycles. The summed E-state index contributed by atoms with van der Waals surface area (Å²) in [6.45, 7) is 2.42. The van der Waals surface area contributed by atoms with Gasteiger partial charge >= 0.3 is 0 Å². The molecule has 1 N–H and O–H groups in total. The van der Waals surface area contributed by atoms with Gasteiger partial charge in [-0.25, -0.2) is 9.37 Å². The molecular formula is C17H16FN3. The van der Waals surface area contributed by atoms with Crippen LogP contribution in [0, 0.1) is 12.7 Å². The van der Waals surface area contributed by atoms with Crippen molar-refractivity contribution in [1.29, 1.82) is 0 Å². The third-order valence-corrected chi connectivity index (χ3v) is 3.41. The van der Waals surface area contributed by atoms with Crippen molar-refractivity contribution in [2.45, 2.75) is 13.5 Å². The van der Waals surface area contributed by atoms with Gasteiger partial charge in [0.1, 0.15) is 5.82 Å². The molecule has 0 unspecified atom stereocenters. The average molecular weight is 281 g/mol. The Balaban J connectivity index is 1.66. The summed E-state index contributed by atoms with van der Waals surface area (Å²) < 4.78 is 15.4. The quantitative estimate of drug-likeness (QED) is 0.785. The van der Waals surface area contributed by atoms with E-state index >= 15 is 0 Å². The fraction of sp³-hybridized carbons (Fsp3) is 0.118. The van der Waals surface area contributed by atoms with Gasteiger partial charge < -0.3 is 9.88 Å². The minimum atomic E-state index is -0.185. The first-order valence-corrected chi connectivity index (χ1v) is 6.80. The highest BCUT2D eigenvalue weighted by molar-refractivity contribution is 5.46. The Morgan fingerprint density at radius 2 is 1.95 bits per heavy atom. The lowest BCUT2D eigenvalue weighted by Crippen LogP contribution is -2.00. The summed E-state index contributed by atoms with van der Waals surface area (Å²) >= 11 is 0. The van der Waals surface area contributed by atoms with Gasteiger partial charge in [-0.15, -0.1) is 0 Å². The normalized spacial score (nSPS) is 10.6. The van der Waals surface area contributed by atoms with Crippen molar-refractivity contribution in [1.82, 2.24) is 9.55 Å². The van der Waals surface area contributed by atoms with Crippen LogP contribution < -0.4 is 5.32 Å². The SMILES string of the molecule is Cc1ccc(NCc2ccc(-n3ccnc3)cc2)cc1F. The van der Waals surface area contributed by atoms with E-state index in [4.69, 9.17) is 0 Å². The first-order chi connectivity index (χ1) is 10.2. The van der Waals surface area contributed by atoms with Crippen LogP contribution >= 0.6 is 0 Å². The molecule has 21 heavy (non-hydrogen) atoms. The monoisotopic (exact) mass is 281 g/mol. The molecule has 1 aromatic heterocycles. The van der Waals surface area contributed by atoms with E-state index in [-0.39, 0.29) is 5.82 Å². The third-order valence-electron chi connectivity index (χ3n) is 3.41. The standard InChI is InChI=1S/C17H16FN3/c1-13-2-5-15(10-17(13)18)20-11-14-3-6-16(7-4-14)21-9-8-19-12-21/h2-10,12,20H,11H2,1H3. The summed E-state index contributed by atoms with van der Waals surface area (Å²) in [5, 5.41) is 3.22. The molecule has 0 aliphatic rings. The highest BCUT2D eigenvalue weighted by Crippen LogP contribution is 2.15. The molecule has 106 valence electrons. The minimum Gasteiger partial charge on any atom is -0.381 e. The minimum absolute atomic E-state index is 0.185. The Morgan fingerprint density at radius 3 is 2.62 bits per heavy atom. The second kappa shape index (κ2) is 5.79. The van der Waals surface area contributed by atoms with E-state index in [9.17, 15) is 4.39 Å². The Bertz CT molecular complexity index is 718. The zero-order valence-corrected chi connectivity index (χ0v) is 11.8. The molecule has 0 saturated carbocycles. The fourth-order valence-electron chi connectivity index (χ4n) is 2.10. The van der Waals surface area contributed by atoms with Crippen LogP contribution in [-0.4, -0.2) is 9.55 Å². The molecule has 4 heteroatoms. The molecule has 1 heterocycles. The van der Waals surface area contributed by atoms with Crippen LogP contribution in [0.1, 0.15) is 11.1 Å². The Kier molecular flexibility index (Phi) is 3.69. The number of anilines is 1. The molecule has 0 amide bonds. The predicted molar refractivity (Wildman–Crippen MR) is 82.0 cm³/mol. The molecule has 3 nitrogen and oxygen atoms in total. The predicted octanol–water partition coefficient (Wildman–Crippen LogP) is 3.93. The van der Waals surface area contributed by atoms with Crippen LogP contribution in [0.15, 0.2) is 61.2 Å². The van der Waals surface area contributed by atoms with E-state index in [0.717, 1.165) is 16.9 Å². The van der Waals surface area contributed by atoms with Crippen molar-refractivity contribution in [2.75, 3.05) is 5.32 Å². The Morgan fingerprint density at radius 1 is 1.14 bits per heavy atom. The van der Waals surface area contributed by atoms with Gasteiger partial charge in [0.2, 0.25) is 0 Å². The zero-order valence-electron chi connectivity index (χ0n) is 11.8. The van der Waals surface area contributed by atoms with E-state index in [2.05, 4.69) is 10.3 Å². The molecule has 0 bridgehead atoms. The molecule has 0 atom stereocenters. The number of hydrogen-bond donors (Lipinski definition) is 1. The summed E-state index contributed by atoms with van der Waals surface area (Å²) in [6, 6.07) is 13.4. The smallest absolute Gasteiger partial charge is 0.128 e. The Labute approximate surface area is 123 Å². The van der Waals surface area contributed by atoms with Gasteiger partial charge in [-0.1, -0.05) is 18.2 Å². The van der Waals surface area contributed by atoms with Gasteiger partial charge in [0.05, 0.1) is 6.33 Å². The van der Waals surface area contributed by atoms with Crippen LogP contribution in [0.4, 0.5) is 10.1 Å². The number of nitrogens with one attached hydrogen (secondary N) is 1. The number of hydrogen-bond acceptors (Lipinski definition) is 2. The van der Waals surface area contributed by atoms with E-state index in [1.807, 2.05) is 41.1 Å². The van der Waals surface area contributed by atoms with Gasteiger partial charge in [-0.3, -0.25) is 0 Å². The average Bonchev–Trinajstić information content (AvgIpc) is 3.03. The van der Waals surface area contributed by atoms with Crippen molar-refractivity contribution in [2.24, 2.45) is 0 Å². The van der Waals surface area contributed by atoms with E-state index in [1.54, 1.807) is 25.5 Å². The fourth-order valence-corrected chi connectivity index (χ4v) is 2.10. The van der Waals surface area contributed by atoms with Crippen molar-refractivity contribution >= 4 is 5.69 Å². The lowest BCUT2D eigenvalue weighted by molar-refractivity contribution is 0.619. The molecule has 2 aromatic carbocycles. The number of benzene rings is 2. The molecule has 3 aromatic rings. The van der Waals surface area contributed by atoms with Crippen LogP contribution in [0.2, 0.25) is 0 Å². The molecule has 0 radical (unpaired) electrons. The third kappa shape index (κ3) is 3.11. The van der Waals surface area contributed by atoms with Gasteiger partial charge in [0.25, 0.3) is 0 Å². The molecule has 0 fully saturated rings. The van der Waals surface area contributed by atoms with Crippen LogP contribution in [0.5, 0.6) is 0 Å². The largest absolute Gasteiger partial charge is 0.381 e. The highest BCUT2D eigenvalue weighted by Gasteiger charge is 2.00. The lowest BCUT2D eigenvalue weighted by Gasteiger charge is -2.09. The topological polar surface area (TPSA) is 29.9 Å². The maximum absolute atomic E-state index is 13.5. The maximum Gasteiger partial charge on any atom is 0.128 e. The van der Waals surface area contributed by atoms with Crippen molar-refractivity contribution in [3.8, 4) is 5.69 Å². The number of rotatable bonds is 4. The lowest BCUT2D eigenvalue weighted by atomic mass is 10.2. The maximum atomic E-state index is 13.5. The number of nitrogens with zero attached hydrogens (tertiary/aromatic N) is 2. The number of aromatic nitrogens is 2. The van der Waals surface area contributed by atoms with Gasteiger partial charge in [0, 0.05) is 30.3 Å². The van der Waals surface area contributed by atoms with Crippen LogP contribution in [0.3, 0.4) is 0 Å². The van der Waals surface area contributed by atoms with E-state index in [0.29, 0.717) is 12.1 Å². The summed E-state index contributed by atoms with van der Waals surface area (Å²) in [4.78, 5) is 4.03. The molecule has 0 aliphatic heterocycles. The number of imidazole rings is 1. The Hall–Kier alpha value is -2.62. The first kappa shape index (κ1) is 13.4. The second-order valence-corrected chi connectivity index (χ2v) is 4.95. The molecule has 0 spiro atoms. The molecule has 3 rings (SSSR count). The van der Waals surface area contributed by atoms with Gasteiger partial charge in [-0.05, 0) is 42.3 Å². The van der Waals surface area contributed by atoms with Crippen LogP contribution in [0.25, 0.3) is 5.69 Å². The van der Waals surface area contributed by atoms with Gasteiger partial charge in [0.15, 0.2) is 0 Å². The van der Waals surface area contributed by atoms with E-state index < -0.39 is 0 Å².